The number of aryl methyl sites for hydroxylation is 2. The van der Waals surface area contributed by atoms with Crippen molar-refractivity contribution in [1.82, 2.24) is 0 Å². The highest BCUT2D eigenvalue weighted by atomic mass is 16.5. The van der Waals surface area contributed by atoms with E-state index in [0.29, 0.717) is 23.2 Å². The van der Waals surface area contributed by atoms with E-state index in [-0.39, 0.29) is 11.5 Å². The molecule has 0 saturated heterocycles. The molecule has 0 radical (unpaired) electrons. The maximum Gasteiger partial charge on any atom is 0.122 e. The van der Waals surface area contributed by atoms with Crippen molar-refractivity contribution >= 4 is 0 Å². The molecule has 4 nitrogen and oxygen atoms in total. The molecule has 3 N–H and O–H groups in total. The third kappa shape index (κ3) is 10.6. The maximum absolute atomic E-state index is 9.91. The molecule has 34 heavy (non-hydrogen) atoms. The van der Waals surface area contributed by atoms with Crippen molar-refractivity contribution in [1.29, 1.82) is 0 Å². The first kappa shape index (κ1) is 29.6. The Bertz CT molecular complexity index is 905. The van der Waals surface area contributed by atoms with Crippen molar-refractivity contribution in [2.45, 2.75) is 92.6 Å². The zero-order valence-electron chi connectivity index (χ0n) is 22.5. The number of methoxy groups -OCH3 is 1. The molecule has 0 heterocycles. The third-order valence-corrected chi connectivity index (χ3v) is 6.08. The number of phenols is 2. The number of hydrogen-bond acceptors (Lipinski definition) is 4. The fraction of sp³-hybridized carbons (Fsp3) is 0.533. The predicted molar refractivity (Wildman–Crippen MR) is 143 cm³/mol. The Labute approximate surface area is 207 Å². The zero-order chi connectivity index (χ0) is 25.9. The van der Waals surface area contributed by atoms with Crippen molar-refractivity contribution in [2.24, 2.45) is 5.41 Å². The van der Waals surface area contributed by atoms with E-state index in [9.17, 15) is 15.3 Å². The topological polar surface area (TPSA) is 69.9 Å². The minimum atomic E-state index is -0.282. The second kappa shape index (κ2) is 14.1. The summed E-state index contributed by atoms with van der Waals surface area (Å²) in [6.07, 6.45) is 6.54. The molecule has 2 unspecified atom stereocenters. The molecule has 2 rings (SSSR count). The van der Waals surface area contributed by atoms with Crippen LogP contribution >= 0.6 is 0 Å². The van der Waals surface area contributed by atoms with Crippen molar-refractivity contribution in [3.63, 3.8) is 0 Å². The molecule has 0 fully saturated rings. The SMILES string of the molecule is COc1ccc(C(C)CCC=C(C)C)c(O)c1.Cc1ccc(CCCC(O)C(C)(C)C)c(O)c1. The molecule has 0 bridgehead atoms. The fourth-order valence-corrected chi connectivity index (χ4v) is 3.65. The number of aromatic hydroxyl groups is 2. The van der Waals surface area contributed by atoms with Gasteiger partial charge in [-0.3, -0.25) is 0 Å². The minimum absolute atomic E-state index is 0.0602. The monoisotopic (exact) mass is 470 g/mol. The molecule has 0 amide bonds. The van der Waals surface area contributed by atoms with E-state index in [2.05, 4.69) is 26.8 Å². The first-order chi connectivity index (χ1) is 15.8. The van der Waals surface area contributed by atoms with Crippen LogP contribution < -0.4 is 4.74 Å². The van der Waals surface area contributed by atoms with Crippen LogP contribution in [0.15, 0.2) is 48.0 Å². The average Bonchev–Trinajstić information content (AvgIpc) is 2.74. The number of aliphatic hydroxyl groups excluding tert-OH is 1. The van der Waals surface area contributed by atoms with Crippen molar-refractivity contribution < 1.29 is 20.1 Å². The molecule has 2 atom stereocenters. The van der Waals surface area contributed by atoms with Gasteiger partial charge in [-0.2, -0.15) is 0 Å². The molecule has 0 aliphatic heterocycles. The van der Waals surface area contributed by atoms with Gasteiger partial charge in [0.05, 0.1) is 13.2 Å². The van der Waals surface area contributed by atoms with Crippen LogP contribution in [0.3, 0.4) is 0 Å². The molecule has 0 aliphatic carbocycles. The summed E-state index contributed by atoms with van der Waals surface area (Å²) in [6.45, 7) is 14.4. The highest BCUT2D eigenvalue weighted by molar-refractivity contribution is 5.41. The van der Waals surface area contributed by atoms with Gasteiger partial charge in [-0.15, -0.1) is 0 Å². The molecule has 0 spiro atoms. The summed E-state index contributed by atoms with van der Waals surface area (Å²) in [7, 11) is 1.60. The first-order valence-electron chi connectivity index (χ1n) is 12.3. The van der Waals surface area contributed by atoms with Crippen LogP contribution in [-0.2, 0) is 6.42 Å². The van der Waals surface area contributed by atoms with E-state index >= 15 is 0 Å². The van der Waals surface area contributed by atoms with E-state index in [1.54, 1.807) is 19.2 Å². The van der Waals surface area contributed by atoms with Gasteiger partial charge < -0.3 is 20.1 Å². The zero-order valence-corrected chi connectivity index (χ0v) is 22.5. The molecule has 2 aromatic rings. The minimum Gasteiger partial charge on any atom is -0.508 e. The first-order valence-corrected chi connectivity index (χ1v) is 12.3. The van der Waals surface area contributed by atoms with Crippen LogP contribution in [0.4, 0.5) is 0 Å². The highest BCUT2D eigenvalue weighted by Gasteiger charge is 2.21. The molecule has 190 valence electrons. The number of hydrogen-bond donors (Lipinski definition) is 3. The molecule has 2 aromatic carbocycles. The summed E-state index contributed by atoms with van der Waals surface area (Å²) in [4.78, 5) is 0. The number of phenolic OH excluding ortho intramolecular Hbond substituents is 2. The highest BCUT2D eigenvalue weighted by Crippen LogP contribution is 2.32. The number of benzene rings is 2. The lowest BCUT2D eigenvalue weighted by molar-refractivity contribution is 0.0540. The van der Waals surface area contributed by atoms with Gasteiger partial charge in [0.25, 0.3) is 0 Å². The van der Waals surface area contributed by atoms with Gasteiger partial charge in [0, 0.05) is 6.07 Å². The summed E-state index contributed by atoms with van der Waals surface area (Å²) in [5, 5.41) is 29.6. The summed E-state index contributed by atoms with van der Waals surface area (Å²) >= 11 is 0. The molecule has 0 aliphatic rings. The van der Waals surface area contributed by atoms with E-state index in [1.165, 1.54) is 5.57 Å². The van der Waals surface area contributed by atoms with Crippen LogP contribution in [0.1, 0.15) is 89.8 Å². The average molecular weight is 471 g/mol. The van der Waals surface area contributed by atoms with E-state index in [4.69, 9.17) is 4.74 Å². The van der Waals surface area contributed by atoms with Crippen molar-refractivity contribution in [3.8, 4) is 17.2 Å². The Morgan fingerprint density at radius 3 is 2.21 bits per heavy atom. The van der Waals surface area contributed by atoms with Crippen molar-refractivity contribution in [3.05, 3.63) is 64.7 Å². The van der Waals surface area contributed by atoms with Gasteiger partial charge in [0.1, 0.15) is 17.2 Å². The summed E-state index contributed by atoms with van der Waals surface area (Å²) in [5.41, 5.74) is 4.32. The van der Waals surface area contributed by atoms with Gasteiger partial charge in [-0.05, 0) is 93.0 Å². The van der Waals surface area contributed by atoms with Crippen molar-refractivity contribution in [2.75, 3.05) is 7.11 Å². The number of rotatable bonds is 9. The molecule has 0 aromatic heterocycles. The predicted octanol–water partition coefficient (Wildman–Crippen LogP) is 7.68. The van der Waals surface area contributed by atoms with E-state index in [1.807, 2.05) is 52.0 Å². The summed E-state index contributed by atoms with van der Waals surface area (Å²) in [5.74, 6) is 1.75. The van der Waals surface area contributed by atoms with Gasteiger partial charge in [0.2, 0.25) is 0 Å². The fourth-order valence-electron chi connectivity index (χ4n) is 3.65. The quantitative estimate of drug-likeness (QED) is 0.329. The van der Waals surface area contributed by atoms with Gasteiger partial charge in [-0.25, -0.2) is 0 Å². The Kier molecular flexibility index (Phi) is 12.2. The lowest BCUT2D eigenvalue weighted by Gasteiger charge is -2.25. The number of aliphatic hydroxyl groups is 1. The normalized spacial score (nSPS) is 12.9. The maximum atomic E-state index is 9.91. The van der Waals surface area contributed by atoms with Gasteiger partial charge in [-0.1, -0.05) is 57.5 Å². The second-order valence-corrected chi connectivity index (χ2v) is 10.6. The largest absolute Gasteiger partial charge is 0.508 e. The van der Waals surface area contributed by atoms with Crippen LogP contribution in [0.25, 0.3) is 0 Å². The number of ether oxygens (including phenoxy) is 1. The molecular weight excluding hydrogens is 424 g/mol. The number of allylic oxidation sites excluding steroid dienone is 2. The van der Waals surface area contributed by atoms with Crippen LogP contribution in [0, 0.1) is 12.3 Å². The van der Waals surface area contributed by atoms with Crippen LogP contribution in [-0.4, -0.2) is 28.5 Å². The summed E-state index contributed by atoms with van der Waals surface area (Å²) in [6, 6.07) is 11.3. The van der Waals surface area contributed by atoms with Gasteiger partial charge >= 0.3 is 0 Å². The van der Waals surface area contributed by atoms with Crippen LogP contribution in [0.2, 0.25) is 0 Å². The smallest absolute Gasteiger partial charge is 0.122 e. The molecule has 4 heteroatoms. The van der Waals surface area contributed by atoms with Gasteiger partial charge in [0.15, 0.2) is 0 Å². The Hall–Kier alpha value is -2.46. The molecular formula is C30H46O4. The van der Waals surface area contributed by atoms with E-state index < -0.39 is 0 Å². The Morgan fingerprint density at radius 1 is 1.00 bits per heavy atom. The molecule has 0 saturated carbocycles. The second-order valence-electron chi connectivity index (χ2n) is 10.6. The summed E-state index contributed by atoms with van der Waals surface area (Å²) < 4.78 is 5.07. The Morgan fingerprint density at radius 2 is 1.68 bits per heavy atom. The third-order valence-electron chi connectivity index (χ3n) is 6.08. The van der Waals surface area contributed by atoms with Crippen LogP contribution in [0.5, 0.6) is 17.2 Å². The lowest BCUT2D eigenvalue weighted by Crippen LogP contribution is -2.25. The lowest BCUT2D eigenvalue weighted by atomic mass is 9.86. The van der Waals surface area contributed by atoms with E-state index in [0.717, 1.165) is 48.8 Å². The standard InChI is InChI=1S/C15H24O2.C15H22O2/c1-11-8-9-12(13(16)10-11)6-5-7-14(17)15(2,3)4;1-11(2)6-5-7-12(3)14-9-8-13(17-4)10-15(14)16/h8-10,14,16-17H,5-7H2,1-4H3;6,8-10,12,16H,5,7H2,1-4H3. The Balaban J connectivity index is 0.000000340.